The number of likely N-dealkylation sites (tertiary alicyclic amines) is 1. The highest BCUT2D eigenvalue weighted by Gasteiger charge is 2.51. The highest BCUT2D eigenvalue weighted by Crippen LogP contribution is 2.43. The first-order valence-corrected chi connectivity index (χ1v) is 11.3. The number of amides is 1. The molecule has 2 saturated heterocycles. The number of hydrogen-bond acceptors (Lipinski definition) is 3. The second kappa shape index (κ2) is 7.70. The normalized spacial score (nSPS) is 28.5. The lowest BCUT2D eigenvalue weighted by atomic mass is 9.68. The highest BCUT2D eigenvalue weighted by molar-refractivity contribution is 5.93. The van der Waals surface area contributed by atoms with Crippen LogP contribution in [0.4, 0.5) is 5.69 Å². The first kappa shape index (κ1) is 19.8. The molecular weight excluding hydrogens is 346 g/mol. The smallest absolute Gasteiger partial charge is 0.247 e. The second-order valence-electron chi connectivity index (χ2n) is 9.84. The summed E-state index contributed by atoms with van der Waals surface area (Å²) >= 11 is 0. The average molecular weight is 384 g/mol. The molecule has 1 aromatic carbocycles. The lowest BCUT2D eigenvalue weighted by Crippen LogP contribution is -2.58. The predicted octanol–water partition coefficient (Wildman–Crippen LogP) is 4.41. The maximum absolute atomic E-state index is 12.8. The maximum atomic E-state index is 12.8. The van der Waals surface area contributed by atoms with E-state index < -0.39 is 0 Å². The van der Waals surface area contributed by atoms with Crippen molar-refractivity contribution in [2.75, 3.05) is 24.7 Å². The summed E-state index contributed by atoms with van der Waals surface area (Å²) in [7, 11) is 0. The molecule has 1 aromatic rings. The molecule has 4 nitrogen and oxygen atoms in total. The fourth-order valence-electron chi connectivity index (χ4n) is 5.80. The van der Waals surface area contributed by atoms with Gasteiger partial charge in [0.2, 0.25) is 5.91 Å². The number of nitrogens with one attached hydrogen (secondary N) is 1. The Balaban J connectivity index is 1.39. The van der Waals surface area contributed by atoms with Crippen molar-refractivity contribution >= 4 is 11.6 Å². The number of hydrogen-bond donors (Lipinski definition) is 1. The molecule has 0 atom stereocenters. The number of benzene rings is 1. The molecule has 0 bridgehead atoms. The zero-order valence-corrected chi connectivity index (χ0v) is 17.9. The molecule has 3 fully saturated rings. The predicted molar refractivity (Wildman–Crippen MR) is 115 cm³/mol. The van der Waals surface area contributed by atoms with E-state index in [2.05, 4.69) is 60.2 Å². The van der Waals surface area contributed by atoms with Crippen molar-refractivity contribution in [3.63, 3.8) is 0 Å². The van der Waals surface area contributed by atoms with Crippen LogP contribution in [0.1, 0.15) is 65.7 Å². The van der Waals surface area contributed by atoms with E-state index in [-0.39, 0.29) is 11.4 Å². The third kappa shape index (κ3) is 3.45. The SMILES string of the molecule is CCC(C)(C)C1CCC(N2CCC3(CC2)C(=O)NCN3c2ccccc2)CC1. The second-order valence-corrected chi connectivity index (χ2v) is 9.84. The number of carbonyl (C=O) groups excluding carboxylic acids is 1. The van der Waals surface area contributed by atoms with Crippen molar-refractivity contribution < 1.29 is 4.79 Å². The van der Waals surface area contributed by atoms with Gasteiger partial charge >= 0.3 is 0 Å². The number of anilines is 1. The molecular formula is C24H37N3O. The Morgan fingerprint density at radius 3 is 2.32 bits per heavy atom. The summed E-state index contributed by atoms with van der Waals surface area (Å²) < 4.78 is 0. The first-order valence-electron chi connectivity index (χ1n) is 11.3. The molecule has 3 aliphatic rings. The van der Waals surface area contributed by atoms with Gasteiger partial charge in [0.1, 0.15) is 5.54 Å². The Labute approximate surface area is 170 Å². The van der Waals surface area contributed by atoms with Crippen molar-refractivity contribution in [1.29, 1.82) is 0 Å². The molecule has 1 spiro atoms. The van der Waals surface area contributed by atoms with Gasteiger partial charge in [0.25, 0.3) is 0 Å². The molecule has 2 aliphatic heterocycles. The Morgan fingerprint density at radius 2 is 1.71 bits per heavy atom. The van der Waals surface area contributed by atoms with Crippen molar-refractivity contribution in [3.05, 3.63) is 30.3 Å². The van der Waals surface area contributed by atoms with Crippen LogP contribution in [0, 0.1) is 11.3 Å². The minimum absolute atomic E-state index is 0.226. The lowest BCUT2D eigenvalue weighted by Gasteiger charge is -2.48. The quantitative estimate of drug-likeness (QED) is 0.836. The Morgan fingerprint density at radius 1 is 1.07 bits per heavy atom. The van der Waals surface area contributed by atoms with Crippen molar-refractivity contribution in [1.82, 2.24) is 10.2 Å². The van der Waals surface area contributed by atoms with Crippen LogP contribution < -0.4 is 10.2 Å². The molecule has 2 heterocycles. The van der Waals surface area contributed by atoms with Gasteiger partial charge in [-0.2, -0.15) is 0 Å². The van der Waals surface area contributed by atoms with Gasteiger partial charge in [-0.05, 0) is 62.0 Å². The maximum Gasteiger partial charge on any atom is 0.247 e. The summed E-state index contributed by atoms with van der Waals surface area (Å²) in [5, 5.41) is 3.12. The van der Waals surface area contributed by atoms with Gasteiger partial charge in [0.15, 0.2) is 0 Å². The van der Waals surface area contributed by atoms with E-state index in [1.807, 2.05) is 6.07 Å². The van der Waals surface area contributed by atoms with Crippen molar-refractivity contribution in [2.45, 2.75) is 77.3 Å². The van der Waals surface area contributed by atoms with E-state index in [9.17, 15) is 4.79 Å². The molecule has 4 heteroatoms. The van der Waals surface area contributed by atoms with Crippen molar-refractivity contribution in [3.8, 4) is 0 Å². The van der Waals surface area contributed by atoms with Crippen LogP contribution in [0.5, 0.6) is 0 Å². The van der Waals surface area contributed by atoms with E-state index in [1.54, 1.807) is 0 Å². The van der Waals surface area contributed by atoms with E-state index in [4.69, 9.17) is 0 Å². The van der Waals surface area contributed by atoms with Gasteiger partial charge in [0.05, 0.1) is 6.67 Å². The summed E-state index contributed by atoms with van der Waals surface area (Å²) in [5.41, 5.74) is 1.30. The molecule has 1 aliphatic carbocycles. The highest BCUT2D eigenvalue weighted by atomic mass is 16.2. The van der Waals surface area contributed by atoms with E-state index >= 15 is 0 Å². The molecule has 0 aromatic heterocycles. The van der Waals surface area contributed by atoms with Gasteiger partial charge in [-0.25, -0.2) is 0 Å². The fraction of sp³-hybridized carbons (Fsp3) is 0.708. The largest absolute Gasteiger partial charge is 0.339 e. The van der Waals surface area contributed by atoms with Gasteiger partial charge in [-0.3, -0.25) is 4.79 Å². The number of nitrogens with zero attached hydrogens (tertiary/aromatic N) is 2. The Kier molecular flexibility index (Phi) is 5.43. The van der Waals surface area contributed by atoms with Gasteiger partial charge in [-0.1, -0.05) is 45.4 Å². The van der Waals surface area contributed by atoms with E-state index in [0.29, 0.717) is 12.1 Å². The zero-order valence-electron chi connectivity index (χ0n) is 17.9. The summed E-state index contributed by atoms with van der Waals surface area (Å²) in [5.74, 6) is 1.10. The zero-order chi connectivity index (χ0) is 19.8. The fourth-order valence-corrected chi connectivity index (χ4v) is 5.80. The number of rotatable bonds is 4. The van der Waals surface area contributed by atoms with Crippen LogP contribution in [0.3, 0.4) is 0 Å². The number of para-hydroxylation sites is 1. The summed E-state index contributed by atoms with van der Waals surface area (Å²) in [4.78, 5) is 17.8. The topological polar surface area (TPSA) is 35.6 Å². The van der Waals surface area contributed by atoms with Gasteiger partial charge in [-0.15, -0.1) is 0 Å². The van der Waals surface area contributed by atoms with E-state index in [0.717, 1.165) is 43.6 Å². The third-order valence-corrected chi connectivity index (χ3v) is 8.26. The van der Waals surface area contributed by atoms with Gasteiger partial charge < -0.3 is 15.1 Å². The lowest BCUT2D eigenvalue weighted by molar-refractivity contribution is -0.125. The molecule has 28 heavy (non-hydrogen) atoms. The average Bonchev–Trinajstić information content (AvgIpc) is 3.05. The van der Waals surface area contributed by atoms with Crippen LogP contribution in [0.2, 0.25) is 0 Å². The van der Waals surface area contributed by atoms with Crippen LogP contribution >= 0.6 is 0 Å². The van der Waals surface area contributed by atoms with Crippen molar-refractivity contribution in [2.24, 2.45) is 11.3 Å². The first-order chi connectivity index (χ1) is 13.5. The molecule has 1 amide bonds. The molecule has 0 unspecified atom stereocenters. The molecule has 1 N–H and O–H groups in total. The minimum Gasteiger partial charge on any atom is -0.339 e. The molecule has 1 saturated carbocycles. The van der Waals surface area contributed by atoms with Crippen LogP contribution in [-0.4, -0.2) is 42.1 Å². The molecule has 154 valence electrons. The van der Waals surface area contributed by atoms with Crippen LogP contribution in [0.15, 0.2) is 30.3 Å². The summed E-state index contributed by atoms with van der Waals surface area (Å²) in [6.07, 6.45) is 8.54. The number of piperidine rings is 1. The monoisotopic (exact) mass is 383 g/mol. The van der Waals surface area contributed by atoms with Crippen LogP contribution in [-0.2, 0) is 4.79 Å². The van der Waals surface area contributed by atoms with Crippen LogP contribution in [0.25, 0.3) is 0 Å². The molecule has 0 radical (unpaired) electrons. The third-order valence-electron chi connectivity index (χ3n) is 8.26. The number of carbonyl (C=O) groups is 1. The molecule has 4 rings (SSSR count). The van der Waals surface area contributed by atoms with Gasteiger partial charge in [0, 0.05) is 24.8 Å². The minimum atomic E-state index is -0.348. The van der Waals surface area contributed by atoms with E-state index in [1.165, 1.54) is 32.1 Å². The Hall–Kier alpha value is -1.55. The summed E-state index contributed by atoms with van der Waals surface area (Å²) in [6.45, 7) is 9.95. The summed E-state index contributed by atoms with van der Waals surface area (Å²) in [6, 6.07) is 11.2. The Bertz CT molecular complexity index is 670. The standard InChI is InChI=1S/C24H37N3O/c1-4-23(2,3)19-10-12-20(13-11-19)26-16-14-24(15-17-26)22(28)25-18-27(24)21-8-6-5-7-9-21/h5-9,19-20H,4,10-18H2,1-3H3,(H,25,28).